The molecule has 0 heterocycles. The largest absolute Gasteiger partial charge is 0.497 e. The lowest BCUT2D eigenvalue weighted by molar-refractivity contribution is -0.120. The van der Waals surface area contributed by atoms with E-state index in [4.69, 9.17) is 9.47 Å². The summed E-state index contributed by atoms with van der Waals surface area (Å²) in [6.07, 6.45) is 1.83. The number of benzene rings is 2. The Kier molecular flexibility index (Phi) is 5.54. The second-order valence-electron chi connectivity index (χ2n) is 4.56. The van der Waals surface area contributed by atoms with Crippen molar-refractivity contribution in [3.05, 3.63) is 59.7 Å². The number of hydrogen-bond acceptors (Lipinski definition) is 4. The molecule has 0 aliphatic carbocycles. The van der Waals surface area contributed by atoms with E-state index in [9.17, 15) is 4.79 Å². The Morgan fingerprint density at radius 1 is 1.14 bits per heavy atom. The molecule has 0 atom stereocenters. The maximum atomic E-state index is 11.8. The molecule has 0 radical (unpaired) electrons. The minimum atomic E-state index is -0.171. The second kappa shape index (κ2) is 7.83. The first kappa shape index (κ1) is 15.6. The van der Waals surface area contributed by atoms with Crippen LogP contribution in [-0.4, -0.2) is 26.3 Å². The summed E-state index contributed by atoms with van der Waals surface area (Å²) in [5, 5.41) is 3.96. The van der Waals surface area contributed by atoms with Gasteiger partial charge in [-0.3, -0.25) is 4.79 Å². The van der Waals surface area contributed by atoms with Crippen molar-refractivity contribution < 1.29 is 14.3 Å². The van der Waals surface area contributed by atoms with Gasteiger partial charge in [-0.2, -0.15) is 5.10 Å². The molecular formula is C17H18N2O3. The molecule has 0 saturated heterocycles. The number of nitrogens with zero attached hydrogens (tertiary/aromatic N) is 1. The molecule has 114 valence electrons. The van der Waals surface area contributed by atoms with Crippen molar-refractivity contribution in [2.45, 2.75) is 6.42 Å². The van der Waals surface area contributed by atoms with Crippen molar-refractivity contribution in [1.82, 2.24) is 5.43 Å². The molecule has 0 spiro atoms. The molecule has 0 saturated carbocycles. The lowest BCUT2D eigenvalue weighted by Crippen LogP contribution is -2.19. The van der Waals surface area contributed by atoms with Crippen LogP contribution in [0.25, 0.3) is 0 Å². The summed E-state index contributed by atoms with van der Waals surface area (Å²) in [5.41, 5.74) is 4.20. The lowest BCUT2D eigenvalue weighted by Gasteiger charge is -2.07. The third-order valence-corrected chi connectivity index (χ3v) is 3.04. The molecular weight excluding hydrogens is 280 g/mol. The van der Waals surface area contributed by atoms with Gasteiger partial charge in [-0.05, 0) is 17.7 Å². The van der Waals surface area contributed by atoms with Crippen LogP contribution in [0.2, 0.25) is 0 Å². The van der Waals surface area contributed by atoms with E-state index in [1.165, 1.54) is 0 Å². The topological polar surface area (TPSA) is 59.9 Å². The molecule has 0 aliphatic heterocycles. The van der Waals surface area contributed by atoms with Crippen molar-refractivity contribution in [3.63, 3.8) is 0 Å². The molecule has 22 heavy (non-hydrogen) atoms. The number of hydrogen-bond donors (Lipinski definition) is 1. The Morgan fingerprint density at radius 3 is 2.59 bits per heavy atom. The van der Waals surface area contributed by atoms with Crippen molar-refractivity contribution in [3.8, 4) is 11.5 Å². The minimum Gasteiger partial charge on any atom is -0.497 e. The number of carbonyl (C=O) groups is 1. The molecule has 1 N–H and O–H groups in total. The predicted octanol–water partition coefficient (Wildman–Crippen LogP) is 2.40. The van der Waals surface area contributed by atoms with Gasteiger partial charge in [0.1, 0.15) is 11.5 Å². The quantitative estimate of drug-likeness (QED) is 0.658. The van der Waals surface area contributed by atoms with Gasteiger partial charge in [-0.15, -0.1) is 0 Å². The first-order valence-electron chi connectivity index (χ1n) is 6.81. The third-order valence-electron chi connectivity index (χ3n) is 3.04. The fourth-order valence-corrected chi connectivity index (χ4v) is 1.92. The maximum Gasteiger partial charge on any atom is 0.244 e. The van der Waals surface area contributed by atoms with Crippen LogP contribution in [0.4, 0.5) is 0 Å². The Hall–Kier alpha value is -2.82. The Balaban J connectivity index is 1.96. The zero-order chi connectivity index (χ0) is 15.8. The van der Waals surface area contributed by atoms with Gasteiger partial charge >= 0.3 is 0 Å². The molecule has 0 unspecified atom stereocenters. The Bertz CT molecular complexity index is 654. The van der Waals surface area contributed by atoms with Gasteiger partial charge in [-0.1, -0.05) is 30.3 Å². The normalized spacial score (nSPS) is 10.5. The van der Waals surface area contributed by atoms with Gasteiger partial charge < -0.3 is 9.47 Å². The lowest BCUT2D eigenvalue weighted by atomic mass is 10.1. The number of rotatable bonds is 6. The summed E-state index contributed by atoms with van der Waals surface area (Å²) in [5.74, 6) is 1.15. The molecule has 2 aromatic carbocycles. The number of nitrogens with one attached hydrogen (secondary N) is 1. The molecule has 0 aliphatic rings. The fourth-order valence-electron chi connectivity index (χ4n) is 1.92. The monoisotopic (exact) mass is 298 g/mol. The molecule has 2 aromatic rings. The van der Waals surface area contributed by atoms with E-state index in [-0.39, 0.29) is 12.3 Å². The van der Waals surface area contributed by atoms with E-state index in [1.54, 1.807) is 32.6 Å². The zero-order valence-electron chi connectivity index (χ0n) is 12.6. The van der Waals surface area contributed by atoms with Crippen LogP contribution in [0.3, 0.4) is 0 Å². The van der Waals surface area contributed by atoms with Crippen LogP contribution in [0.1, 0.15) is 11.1 Å². The SMILES string of the molecule is COc1ccc(C=NNC(=O)Cc2ccccc2)c(OC)c1. The van der Waals surface area contributed by atoms with Gasteiger partial charge in [0.15, 0.2) is 0 Å². The van der Waals surface area contributed by atoms with Crippen molar-refractivity contribution in [2.75, 3.05) is 14.2 Å². The molecule has 0 aromatic heterocycles. The minimum absolute atomic E-state index is 0.171. The highest BCUT2D eigenvalue weighted by molar-refractivity contribution is 5.86. The van der Waals surface area contributed by atoms with E-state index in [0.717, 1.165) is 11.1 Å². The van der Waals surface area contributed by atoms with E-state index < -0.39 is 0 Å². The standard InChI is InChI=1S/C17H18N2O3/c1-21-15-9-8-14(16(11-15)22-2)12-18-19-17(20)10-13-6-4-3-5-7-13/h3-9,11-12H,10H2,1-2H3,(H,19,20). The number of ether oxygens (including phenoxy) is 2. The van der Waals surface area contributed by atoms with E-state index in [0.29, 0.717) is 11.5 Å². The summed E-state index contributed by atoms with van der Waals surface area (Å²) in [7, 11) is 3.16. The van der Waals surface area contributed by atoms with Gasteiger partial charge in [0.2, 0.25) is 5.91 Å². The van der Waals surface area contributed by atoms with E-state index in [2.05, 4.69) is 10.5 Å². The first-order valence-corrected chi connectivity index (χ1v) is 6.81. The molecule has 2 rings (SSSR count). The number of methoxy groups -OCH3 is 2. The third kappa shape index (κ3) is 4.34. The van der Waals surface area contributed by atoms with Crippen LogP contribution in [0.5, 0.6) is 11.5 Å². The summed E-state index contributed by atoms with van der Waals surface area (Å²) in [6, 6.07) is 14.9. The van der Waals surface area contributed by atoms with Gasteiger partial charge in [-0.25, -0.2) is 5.43 Å². The maximum absolute atomic E-state index is 11.8. The van der Waals surface area contributed by atoms with Gasteiger partial charge in [0, 0.05) is 11.6 Å². The molecule has 0 fully saturated rings. The van der Waals surface area contributed by atoms with Crippen LogP contribution < -0.4 is 14.9 Å². The summed E-state index contributed by atoms with van der Waals surface area (Å²) >= 11 is 0. The summed E-state index contributed by atoms with van der Waals surface area (Å²) < 4.78 is 10.4. The van der Waals surface area contributed by atoms with E-state index in [1.807, 2.05) is 36.4 Å². The van der Waals surface area contributed by atoms with Crippen molar-refractivity contribution >= 4 is 12.1 Å². The highest BCUT2D eigenvalue weighted by atomic mass is 16.5. The van der Waals surface area contributed by atoms with Crippen LogP contribution in [0.15, 0.2) is 53.6 Å². The van der Waals surface area contributed by atoms with Crippen LogP contribution in [-0.2, 0) is 11.2 Å². The van der Waals surface area contributed by atoms with E-state index >= 15 is 0 Å². The highest BCUT2D eigenvalue weighted by Crippen LogP contribution is 2.22. The fraction of sp³-hybridized carbons (Fsp3) is 0.176. The second-order valence-corrected chi connectivity index (χ2v) is 4.56. The highest BCUT2D eigenvalue weighted by Gasteiger charge is 2.04. The molecule has 5 nitrogen and oxygen atoms in total. The Morgan fingerprint density at radius 2 is 1.91 bits per heavy atom. The van der Waals surface area contributed by atoms with Gasteiger partial charge in [0.25, 0.3) is 0 Å². The Labute approximate surface area is 129 Å². The first-order chi connectivity index (χ1) is 10.7. The van der Waals surface area contributed by atoms with Crippen LogP contribution in [0, 0.1) is 0 Å². The van der Waals surface area contributed by atoms with Gasteiger partial charge in [0.05, 0.1) is 26.9 Å². The zero-order valence-corrected chi connectivity index (χ0v) is 12.6. The average molecular weight is 298 g/mol. The van der Waals surface area contributed by atoms with Crippen molar-refractivity contribution in [1.29, 1.82) is 0 Å². The number of amides is 1. The smallest absolute Gasteiger partial charge is 0.244 e. The average Bonchev–Trinajstić information content (AvgIpc) is 2.56. The predicted molar refractivity (Wildman–Crippen MR) is 85.4 cm³/mol. The number of hydrazone groups is 1. The molecule has 1 amide bonds. The van der Waals surface area contributed by atoms with Crippen molar-refractivity contribution in [2.24, 2.45) is 5.10 Å². The summed E-state index contributed by atoms with van der Waals surface area (Å²) in [6.45, 7) is 0. The summed E-state index contributed by atoms with van der Waals surface area (Å²) in [4.78, 5) is 11.8. The van der Waals surface area contributed by atoms with Crippen LogP contribution >= 0.6 is 0 Å². The molecule has 0 bridgehead atoms. The molecule has 5 heteroatoms. The number of carbonyl (C=O) groups excluding carboxylic acids is 1.